The van der Waals surface area contributed by atoms with Crippen LogP contribution in [0, 0.1) is 0 Å². The summed E-state index contributed by atoms with van der Waals surface area (Å²) in [4.78, 5) is 0. The SMILES string of the molecule is COc1c(Cc2ccc(O)cc2)c(O)c(Cc2ccc(O)cc2)c2c1-c1cc(Cc3ccc(O)cc3)c(O)cc1CC2. The Balaban J connectivity index is 1.54. The number of rotatable bonds is 7. The fraction of sp³-hybridized carbons (Fsp3) is 0.167. The van der Waals surface area contributed by atoms with Crippen molar-refractivity contribution in [3.8, 4) is 45.6 Å². The molecule has 5 aromatic rings. The monoisotopic (exact) mass is 560 g/mol. The summed E-state index contributed by atoms with van der Waals surface area (Å²) in [5.41, 5.74) is 8.90. The van der Waals surface area contributed by atoms with Gasteiger partial charge in [0.15, 0.2) is 0 Å². The third-order valence-electron chi connectivity index (χ3n) is 8.13. The first-order valence-corrected chi connectivity index (χ1v) is 13.9. The van der Waals surface area contributed by atoms with Gasteiger partial charge in [0.25, 0.3) is 0 Å². The summed E-state index contributed by atoms with van der Waals surface area (Å²) in [6.07, 6.45) is 2.69. The standard InChI is InChI=1S/C36H32O6/c1-42-36-32(18-23-6-13-28(39)14-7-23)35(41)31(17-22-4-11-27(38)12-5-22)29-15-8-24-20-33(40)25(19-30(24)34(29)36)16-21-2-9-26(37)10-3-21/h2-7,9-14,19-20,37-41H,8,15-18H2,1H3. The predicted molar refractivity (Wildman–Crippen MR) is 162 cm³/mol. The highest BCUT2D eigenvalue weighted by Crippen LogP contribution is 2.50. The molecule has 0 amide bonds. The molecular formula is C36H32O6. The fourth-order valence-electron chi connectivity index (χ4n) is 6.00. The fourth-order valence-corrected chi connectivity index (χ4v) is 6.00. The normalized spacial score (nSPS) is 12.0. The van der Waals surface area contributed by atoms with Crippen molar-refractivity contribution in [2.75, 3.05) is 7.11 Å². The average molecular weight is 561 g/mol. The van der Waals surface area contributed by atoms with Crippen molar-refractivity contribution in [3.63, 3.8) is 0 Å². The summed E-state index contributed by atoms with van der Waals surface area (Å²) in [7, 11) is 1.61. The first-order valence-electron chi connectivity index (χ1n) is 13.9. The number of aryl methyl sites for hydroxylation is 1. The summed E-state index contributed by atoms with van der Waals surface area (Å²) in [6.45, 7) is 0. The number of aromatic hydroxyl groups is 5. The molecule has 0 bridgehead atoms. The summed E-state index contributed by atoms with van der Waals surface area (Å²) in [6, 6.07) is 24.7. The van der Waals surface area contributed by atoms with Crippen LogP contribution < -0.4 is 4.74 Å². The second-order valence-corrected chi connectivity index (χ2v) is 10.9. The smallest absolute Gasteiger partial charge is 0.134 e. The molecule has 1 aliphatic carbocycles. The van der Waals surface area contributed by atoms with Gasteiger partial charge in [-0.15, -0.1) is 0 Å². The van der Waals surface area contributed by atoms with Gasteiger partial charge in [-0.2, -0.15) is 0 Å². The Kier molecular flexibility index (Phi) is 7.13. The minimum absolute atomic E-state index is 0.170. The van der Waals surface area contributed by atoms with Gasteiger partial charge in [-0.05, 0) is 100 Å². The second kappa shape index (κ2) is 11.1. The number of phenols is 5. The van der Waals surface area contributed by atoms with Crippen LogP contribution in [0.3, 0.4) is 0 Å². The van der Waals surface area contributed by atoms with Crippen LogP contribution in [0.5, 0.6) is 34.5 Å². The molecule has 0 aliphatic heterocycles. The molecule has 1 aliphatic rings. The molecule has 0 aromatic heterocycles. The Bertz CT molecular complexity index is 1690. The quantitative estimate of drug-likeness (QED) is 0.150. The molecule has 0 atom stereocenters. The van der Waals surface area contributed by atoms with Crippen molar-refractivity contribution in [2.45, 2.75) is 32.1 Å². The van der Waals surface area contributed by atoms with E-state index in [4.69, 9.17) is 4.74 Å². The molecule has 5 N–H and O–H groups in total. The Morgan fingerprint density at radius 3 is 1.62 bits per heavy atom. The zero-order chi connectivity index (χ0) is 29.4. The third kappa shape index (κ3) is 5.19. The van der Waals surface area contributed by atoms with Crippen LogP contribution in [0.2, 0.25) is 0 Å². The van der Waals surface area contributed by atoms with E-state index in [1.165, 1.54) is 0 Å². The van der Waals surface area contributed by atoms with E-state index in [1.807, 2.05) is 48.5 Å². The van der Waals surface area contributed by atoms with E-state index in [0.29, 0.717) is 43.4 Å². The van der Waals surface area contributed by atoms with E-state index in [-0.39, 0.29) is 28.7 Å². The number of phenolic OH excluding ortho intramolecular Hbond substituents is 5. The Hall–Kier alpha value is -5.10. The van der Waals surface area contributed by atoms with Crippen molar-refractivity contribution >= 4 is 0 Å². The minimum atomic E-state index is 0.170. The maximum absolute atomic E-state index is 11.8. The zero-order valence-electron chi connectivity index (χ0n) is 23.3. The largest absolute Gasteiger partial charge is 0.508 e. The topological polar surface area (TPSA) is 110 Å². The summed E-state index contributed by atoms with van der Waals surface area (Å²) >= 11 is 0. The lowest BCUT2D eigenvalue weighted by Crippen LogP contribution is -2.12. The van der Waals surface area contributed by atoms with Crippen LogP contribution >= 0.6 is 0 Å². The van der Waals surface area contributed by atoms with Crippen LogP contribution in [0.4, 0.5) is 0 Å². The molecule has 0 radical (unpaired) electrons. The molecule has 6 nitrogen and oxygen atoms in total. The van der Waals surface area contributed by atoms with E-state index in [2.05, 4.69) is 0 Å². The van der Waals surface area contributed by atoms with Gasteiger partial charge in [0.1, 0.15) is 34.5 Å². The van der Waals surface area contributed by atoms with E-state index in [9.17, 15) is 25.5 Å². The third-order valence-corrected chi connectivity index (χ3v) is 8.13. The van der Waals surface area contributed by atoms with Gasteiger partial charge in [0.05, 0.1) is 7.11 Å². The molecule has 0 saturated carbocycles. The van der Waals surface area contributed by atoms with E-state index in [1.54, 1.807) is 43.5 Å². The molecular weight excluding hydrogens is 528 g/mol. The van der Waals surface area contributed by atoms with Crippen molar-refractivity contribution in [2.24, 2.45) is 0 Å². The van der Waals surface area contributed by atoms with Crippen LogP contribution in [0.15, 0.2) is 84.9 Å². The minimum Gasteiger partial charge on any atom is -0.508 e. The number of hydrogen-bond donors (Lipinski definition) is 5. The maximum Gasteiger partial charge on any atom is 0.134 e. The van der Waals surface area contributed by atoms with Gasteiger partial charge in [0, 0.05) is 36.0 Å². The number of fused-ring (bicyclic) bond motifs is 3. The lowest BCUT2D eigenvalue weighted by atomic mass is 9.78. The maximum atomic E-state index is 11.8. The Labute approximate surface area is 244 Å². The predicted octanol–water partition coefficient (Wildman–Crippen LogP) is 6.76. The molecule has 6 heteroatoms. The van der Waals surface area contributed by atoms with Crippen LogP contribution in [0.25, 0.3) is 11.1 Å². The Morgan fingerprint density at radius 2 is 1.10 bits per heavy atom. The first-order chi connectivity index (χ1) is 20.3. The highest BCUT2D eigenvalue weighted by Gasteiger charge is 2.30. The van der Waals surface area contributed by atoms with Gasteiger partial charge in [0.2, 0.25) is 0 Å². The van der Waals surface area contributed by atoms with Crippen LogP contribution in [-0.2, 0) is 32.1 Å². The first kappa shape index (κ1) is 27.1. The van der Waals surface area contributed by atoms with Crippen molar-refractivity contribution < 1.29 is 30.3 Å². The van der Waals surface area contributed by atoms with E-state index in [0.717, 1.165) is 50.1 Å². The second-order valence-electron chi connectivity index (χ2n) is 10.9. The van der Waals surface area contributed by atoms with Crippen LogP contribution in [-0.4, -0.2) is 32.6 Å². The summed E-state index contributed by atoms with van der Waals surface area (Å²) in [5, 5.41) is 52.1. The number of benzene rings is 5. The molecule has 5 aromatic carbocycles. The van der Waals surface area contributed by atoms with Gasteiger partial charge < -0.3 is 30.3 Å². The van der Waals surface area contributed by atoms with E-state index < -0.39 is 0 Å². The number of hydrogen-bond acceptors (Lipinski definition) is 6. The van der Waals surface area contributed by atoms with E-state index >= 15 is 0 Å². The molecule has 42 heavy (non-hydrogen) atoms. The molecule has 0 heterocycles. The number of ether oxygens (including phenoxy) is 1. The summed E-state index contributed by atoms with van der Waals surface area (Å²) in [5.74, 6) is 1.53. The highest BCUT2D eigenvalue weighted by molar-refractivity contribution is 5.84. The average Bonchev–Trinajstić information content (AvgIpc) is 2.99. The zero-order valence-corrected chi connectivity index (χ0v) is 23.3. The number of methoxy groups -OCH3 is 1. The lowest BCUT2D eigenvalue weighted by Gasteiger charge is -2.29. The molecule has 0 unspecified atom stereocenters. The molecule has 6 rings (SSSR count). The highest BCUT2D eigenvalue weighted by atomic mass is 16.5. The summed E-state index contributed by atoms with van der Waals surface area (Å²) < 4.78 is 6.07. The van der Waals surface area contributed by atoms with Crippen molar-refractivity contribution in [1.29, 1.82) is 0 Å². The van der Waals surface area contributed by atoms with Gasteiger partial charge >= 0.3 is 0 Å². The van der Waals surface area contributed by atoms with Gasteiger partial charge in [-0.3, -0.25) is 0 Å². The van der Waals surface area contributed by atoms with Crippen molar-refractivity contribution in [1.82, 2.24) is 0 Å². The lowest BCUT2D eigenvalue weighted by molar-refractivity contribution is 0.400. The molecule has 0 saturated heterocycles. The van der Waals surface area contributed by atoms with Gasteiger partial charge in [-0.25, -0.2) is 0 Å². The molecule has 0 fully saturated rings. The molecule has 0 spiro atoms. The van der Waals surface area contributed by atoms with Gasteiger partial charge in [-0.1, -0.05) is 36.4 Å². The van der Waals surface area contributed by atoms with Crippen molar-refractivity contribution in [3.05, 3.63) is 129 Å². The van der Waals surface area contributed by atoms with Crippen LogP contribution in [0.1, 0.15) is 44.5 Å². The Morgan fingerprint density at radius 1 is 0.595 bits per heavy atom. The molecule has 212 valence electrons.